The van der Waals surface area contributed by atoms with Crippen LogP contribution in [-0.2, 0) is 19.1 Å². The summed E-state index contributed by atoms with van der Waals surface area (Å²) < 4.78 is 9.96. The molecule has 0 unspecified atom stereocenters. The van der Waals surface area contributed by atoms with E-state index in [2.05, 4.69) is 11.8 Å². The molecule has 1 rings (SSSR count). The Morgan fingerprint density at radius 2 is 1.95 bits per heavy atom. The summed E-state index contributed by atoms with van der Waals surface area (Å²) in [7, 11) is 1.40. The van der Waals surface area contributed by atoms with Crippen LogP contribution in [0.4, 0.5) is 0 Å². The first kappa shape index (κ1) is 16.6. The minimum absolute atomic E-state index is 0.245. The van der Waals surface area contributed by atoms with Crippen molar-refractivity contribution in [1.82, 2.24) is 0 Å². The third-order valence-electron chi connectivity index (χ3n) is 2.96. The van der Waals surface area contributed by atoms with Crippen LogP contribution >= 0.6 is 12.0 Å². The maximum absolute atomic E-state index is 11.7. The van der Waals surface area contributed by atoms with Gasteiger partial charge < -0.3 is 8.92 Å². The van der Waals surface area contributed by atoms with Crippen molar-refractivity contribution in [1.29, 1.82) is 0 Å². The molecule has 0 spiro atoms. The van der Waals surface area contributed by atoms with Crippen LogP contribution in [0.1, 0.15) is 31.4 Å². The molecule has 108 valence electrons. The summed E-state index contributed by atoms with van der Waals surface area (Å²) in [5, 5.41) is 0. The lowest BCUT2D eigenvalue weighted by Gasteiger charge is -2.21. The molecular formula is C16H20O3S. The SMILES string of the molecule is COC(=O)C(C)(C)c1ccc(C#CCCOSC)cc1. The Bertz CT molecular complexity index is 495. The monoisotopic (exact) mass is 292 g/mol. The van der Waals surface area contributed by atoms with Crippen molar-refractivity contribution in [3.05, 3.63) is 35.4 Å². The van der Waals surface area contributed by atoms with Gasteiger partial charge >= 0.3 is 5.97 Å². The summed E-state index contributed by atoms with van der Waals surface area (Å²) in [6.07, 6.45) is 2.59. The third kappa shape index (κ3) is 4.59. The molecule has 1 aromatic carbocycles. The number of rotatable bonds is 5. The van der Waals surface area contributed by atoms with Crippen LogP contribution in [0.5, 0.6) is 0 Å². The van der Waals surface area contributed by atoms with E-state index in [1.165, 1.54) is 19.2 Å². The van der Waals surface area contributed by atoms with Crippen LogP contribution in [0, 0.1) is 11.8 Å². The predicted molar refractivity (Wildman–Crippen MR) is 82.4 cm³/mol. The Morgan fingerprint density at radius 3 is 2.50 bits per heavy atom. The Balaban J connectivity index is 2.71. The Hall–Kier alpha value is -1.44. The van der Waals surface area contributed by atoms with Crippen LogP contribution in [0.3, 0.4) is 0 Å². The zero-order valence-electron chi connectivity index (χ0n) is 12.4. The molecule has 0 saturated heterocycles. The molecular weight excluding hydrogens is 272 g/mol. The van der Waals surface area contributed by atoms with E-state index >= 15 is 0 Å². The molecule has 0 saturated carbocycles. The van der Waals surface area contributed by atoms with E-state index in [0.29, 0.717) is 13.0 Å². The highest BCUT2D eigenvalue weighted by Gasteiger charge is 2.30. The quantitative estimate of drug-likeness (QED) is 0.361. The number of ether oxygens (including phenoxy) is 1. The summed E-state index contributed by atoms with van der Waals surface area (Å²) in [5.41, 5.74) is 1.20. The van der Waals surface area contributed by atoms with Gasteiger partial charge in [0, 0.05) is 18.2 Å². The summed E-state index contributed by atoms with van der Waals surface area (Å²) in [6.45, 7) is 4.32. The fraction of sp³-hybridized carbons (Fsp3) is 0.438. The molecule has 0 radical (unpaired) electrons. The number of carbonyl (C=O) groups excluding carboxylic acids is 1. The van der Waals surface area contributed by atoms with E-state index < -0.39 is 5.41 Å². The Morgan fingerprint density at radius 1 is 1.30 bits per heavy atom. The lowest BCUT2D eigenvalue weighted by molar-refractivity contribution is -0.146. The molecule has 4 heteroatoms. The van der Waals surface area contributed by atoms with Gasteiger partial charge in [-0.15, -0.1) is 0 Å². The standard InChI is InChI=1S/C16H20O3S/c1-16(2,15(17)18-3)14-10-8-13(9-11-14)7-5-6-12-19-20-4/h8-11H,6,12H2,1-4H3. The Kier molecular flexibility index (Phi) is 6.63. The molecule has 0 aliphatic carbocycles. The van der Waals surface area contributed by atoms with E-state index in [1.807, 2.05) is 44.4 Å². The minimum Gasteiger partial charge on any atom is -0.468 e. The van der Waals surface area contributed by atoms with Crippen molar-refractivity contribution in [2.75, 3.05) is 20.0 Å². The largest absolute Gasteiger partial charge is 0.468 e. The van der Waals surface area contributed by atoms with Crippen molar-refractivity contribution < 1.29 is 13.7 Å². The Labute approximate surface area is 125 Å². The average molecular weight is 292 g/mol. The predicted octanol–water partition coefficient (Wildman–Crippen LogP) is 3.17. The normalized spacial score (nSPS) is 10.6. The number of hydrogen-bond donors (Lipinski definition) is 0. The molecule has 3 nitrogen and oxygen atoms in total. The topological polar surface area (TPSA) is 35.5 Å². The molecule has 0 N–H and O–H groups in total. The van der Waals surface area contributed by atoms with Gasteiger partial charge in [-0.25, -0.2) is 0 Å². The van der Waals surface area contributed by atoms with Crippen molar-refractivity contribution in [3.8, 4) is 11.8 Å². The average Bonchev–Trinajstić information content (AvgIpc) is 2.46. The second kappa shape index (κ2) is 7.98. The maximum atomic E-state index is 11.7. The van der Waals surface area contributed by atoms with Gasteiger partial charge in [0.1, 0.15) is 0 Å². The molecule has 0 amide bonds. The minimum atomic E-state index is -0.646. The first-order valence-corrected chi connectivity index (χ1v) is 7.50. The van der Waals surface area contributed by atoms with Gasteiger partial charge in [0.15, 0.2) is 0 Å². The molecule has 0 heterocycles. The lowest BCUT2D eigenvalue weighted by Crippen LogP contribution is -2.30. The highest BCUT2D eigenvalue weighted by molar-refractivity contribution is 7.93. The van der Waals surface area contributed by atoms with Crippen molar-refractivity contribution in [3.63, 3.8) is 0 Å². The molecule has 1 aromatic rings. The first-order chi connectivity index (χ1) is 9.52. The number of hydrogen-bond acceptors (Lipinski definition) is 4. The second-order valence-corrected chi connectivity index (χ2v) is 5.30. The second-order valence-electron chi connectivity index (χ2n) is 4.73. The fourth-order valence-corrected chi connectivity index (χ4v) is 1.93. The molecule has 0 aliphatic rings. The van der Waals surface area contributed by atoms with E-state index in [-0.39, 0.29) is 5.97 Å². The number of methoxy groups -OCH3 is 1. The van der Waals surface area contributed by atoms with Gasteiger partial charge in [0.2, 0.25) is 0 Å². The summed E-state index contributed by atoms with van der Waals surface area (Å²) in [6, 6.07) is 7.67. The van der Waals surface area contributed by atoms with Gasteiger partial charge in [-0.1, -0.05) is 24.0 Å². The maximum Gasteiger partial charge on any atom is 0.315 e. The summed E-state index contributed by atoms with van der Waals surface area (Å²) in [4.78, 5) is 11.7. The molecule has 20 heavy (non-hydrogen) atoms. The van der Waals surface area contributed by atoms with Crippen LogP contribution in [0.15, 0.2) is 24.3 Å². The van der Waals surface area contributed by atoms with E-state index in [1.54, 1.807) is 0 Å². The highest BCUT2D eigenvalue weighted by atomic mass is 32.2. The van der Waals surface area contributed by atoms with Crippen LogP contribution in [0.2, 0.25) is 0 Å². The van der Waals surface area contributed by atoms with Gasteiger partial charge in [-0.05, 0) is 43.6 Å². The smallest absolute Gasteiger partial charge is 0.315 e. The van der Waals surface area contributed by atoms with Crippen molar-refractivity contribution >= 4 is 18.0 Å². The van der Waals surface area contributed by atoms with Crippen molar-refractivity contribution in [2.45, 2.75) is 25.7 Å². The van der Waals surface area contributed by atoms with Crippen molar-refractivity contribution in [2.24, 2.45) is 0 Å². The van der Waals surface area contributed by atoms with E-state index in [9.17, 15) is 4.79 Å². The van der Waals surface area contributed by atoms with Crippen LogP contribution in [0.25, 0.3) is 0 Å². The fourth-order valence-electron chi connectivity index (χ4n) is 1.68. The number of benzene rings is 1. The molecule has 0 fully saturated rings. The molecule has 0 bridgehead atoms. The van der Waals surface area contributed by atoms with Gasteiger partial charge in [0.25, 0.3) is 0 Å². The zero-order chi connectivity index (χ0) is 15.0. The van der Waals surface area contributed by atoms with E-state index in [4.69, 9.17) is 8.92 Å². The van der Waals surface area contributed by atoms with Crippen LogP contribution in [-0.4, -0.2) is 25.9 Å². The molecule has 0 aliphatic heterocycles. The summed E-state index contributed by atoms with van der Waals surface area (Å²) in [5.74, 6) is 5.87. The molecule has 0 aromatic heterocycles. The highest BCUT2D eigenvalue weighted by Crippen LogP contribution is 2.24. The first-order valence-electron chi connectivity index (χ1n) is 6.36. The number of carbonyl (C=O) groups is 1. The third-order valence-corrected chi connectivity index (χ3v) is 3.37. The number of esters is 1. The van der Waals surface area contributed by atoms with Crippen LogP contribution < -0.4 is 0 Å². The summed E-state index contributed by atoms with van der Waals surface area (Å²) >= 11 is 1.35. The lowest BCUT2D eigenvalue weighted by atomic mass is 9.84. The van der Waals surface area contributed by atoms with Gasteiger partial charge in [0.05, 0.1) is 19.1 Å². The van der Waals surface area contributed by atoms with E-state index in [0.717, 1.165) is 11.1 Å². The zero-order valence-corrected chi connectivity index (χ0v) is 13.2. The van der Waals surface area contributed by atoms with Gasteiger partial charge in [-0.2, -0.15) is 0 Å². The molecule has 0 atom stereocenters. The van der Waals surface area contributed by atoms with Gasteiger partial charge in [-0.3, -0.25) is 4.79 Å².